The highest BCUT2D eigenvalue weighted by atomic mass is 14.9. The predicted molar refractivity (Wildman–Crippen MR) is 141 cm³/mol. The van der Waals surface area contributed by atoms with Crippen LogP contribution < -0.4 is 5.32 Å². The third kappa shape index (κ3) is 3.90. The van der Waals surface area contributed by atoms with E-state index >= 15 is 0 Å². The Balaban J connectivity index is 1.49. The second-order valence-corrected chi connectivity index (χ2v) is 14.6. The second-order valence-electron chi connectivity index (χ2n) is 14.6. The van der Waals surface area contributed by atoms with Gasteiger partial charge in [-0.15, -0.1) is 5.73 Å². The molecule has 0 aromatic carbocycles. The summed E-state index contributed by atoms with van der Waals surface area (Å²) in [6.07, 6.45) is 18.3. The van der Waals surface area contributed by atoms with E-state index in [4.69, 9.17) is 0 Å². The lowest BCUT2D eigenvalue weighted by atomic mass is 9.44. The van der Waals surface area contributed by atoms with Crippen LogP contribution >= 0.6 is 0 Å². The first kappa shape index (κ1) is 23.8. The molecule has 5 aliphatic rings. The summed E-state index contributed by atoms with van der Waals surface area (Å²) in [4.78, 5) is 0. The van der Waals surface area contributed by atoms with E-state index < -0.39 is 0 Å². The van der Waals surface area contributed by atoms with Gasteiger partial charge in [0.2, 0.25) is 0 Å². The van der Waals surface area contributed by atoms with Gasteiger partial charge in [0.15, 0.2) is 0 Å². The zero-order valence-corrected chi connectivity index (χ0v) is 22.6. The lowest BCUT2D eigenvalue weighted by molar-refractivity contribution is -0.0555. The van der Waals surface area contributed by atoms with Crippen LogP contribution in [-0.4, -0.2) is 6.04 Å². The van der Waals surface area contributed by atoms with Crippen molar-refractivity contribution in [2.75, 3.05) is 0 Å². The van der Waals surface area contributed by atoms with Crippen LogP contribution in [0.4, 0.5) is 0 Å². The minimum absolute atomic E-state index is 0.251. The predicted octanol–water partition coefficient (Wildman–Crippen LogP) is 8.67. The summed E-state index contributed by atoms with van der Waals surface area (Å²) < 4.78 is 0. The van der Waals surface area contributed by atoms with Crippen LogP contribution in [0.25, 0.3) is 0 Å². The van der Waals surface area contributed by atoms with Gasteiger partial charge in [-0.05, 0) is 124 Å². The average Bonchev–Trinajstić information content (AvgIpc) is 2.76. The minimum atomic E-state index is 0.251. The maximum absolute atomic E-state index is 4.20. The summed E-state index contributed by atoms with van der Waals surface area (Å²) in [6, 6.07) is 0.451. The molecule has 184 valence electrons. The zero-order chi connectivity index (χ0) is 23.6. The maximum Gasteiger partial charge on any atom is 0.0602 e. The molecule has 4 saturated carbocycles. The normalized spacial score (nSPS) is 43.2. The molecular formula is C32H51N. The van der Waals surface area contributed by atoms with Gasteiger partial charge in [0, 0.05) is 11.5 Å². The highest BCUT2D eigenvalue weighted by molar-refractivity contribution is 5.31. The molecule has 0 amide bonds. The quantitative estimate of drug-likeness (QED) is 0.335. The van der Waals surface area contributed by atoms with Gasteiger partial charge in [0.05, 0.1) is 5.70 Å². The molecule has 5 aliphatic carbocycles. The van der Waals surface area contributed by atoms with Gasteiger partial charge < -0.3 is 5.32 Å². The highest BCUT2D eigenvalue weighted by Gasteiger charge is 2.57. The summed E-state index contributed by atoms with van der Waals surface area (Å²) in [7, 11) is 0. The Hall–Kier alpha value is -0.940. The van der Waals surface area contributed by atoms with E-state index in [2.05, 4.69) is 65.2 Å². The van der Waals surface area contributed by atoms with Crippen molar-refractivity contribution < 1.29 is 0 Å². The largest absolute Gasteiger partial charge is 0.379 e. The lowest BCUT2D eigenvalue weighted by Gasteiger charge is -2.61. The molecule has 33 heavy (non-hydrogen) atoms. The van der Waals surface area contributed by atoms with E-state index in [1.54, 1.807) is 0 Å². The molecule has 1 heteroatoms. The van der Waals surface area contributed by atoms with Crippen LogP contribution in [0, 0.1) is 51.8 Å². The first-order chi connectivity index (χ1) is 15.6. The van der Waals surface area contributed by atoms with Crippen LogP contribution in [-0.2, 0) is 0 Å². The van der Waals surface area contributed by atoms with Crippen molar-refractivity contribution in [3.05, 3.63) is 29.7 Å². The molecule has 5 rings (SSSR count). The van der Waals surface area contributed by atoms with Gasteiger partial charge in [-0.2, -0.15) is 0 Å². The molecule has 1 nitrogen and oxygen atoms in total. The molecule has 0 aliphatic heterocycles. The molecule has 0 heterocycles. The fourth-order valence-corrected chi connectivity index (χ4v) is 9.90. The van der Waals surface area contributed by atoms with Crippen LogP contribution in [0.3, 0.4) is 0 Å². The average molecular weight is 450 g/mol. The monoisotopic (exact) mass is 449 g/mol. The molecule has 0 bridgehead atoms. The molecule has 4 fully saturated rings. The van der Waals surface area contributed by atoms with E-state index in [1.165, 1.54) is 76.3 Å². The van der Waals surface area contributed by atoms with Crippen molar-refractivity contribution >= 4 is 0 Å². The fraction of sp³-hybridized carbons (Fsp3) is 0.844. The number of hydrogen-bond acceptors (Lipinski definition) is 1. The molecule has 0 radical (unpaired) electrons. The van der Waals surface area contributed by atoms with Gasteiger partial charge in [-0.25, -0.2) is 0 Å². The smallest absolute Gasteiger partial charge is 0.0602 e. The number of nitrogens with one attached hydrogen (secondary N) is 1. The lowest BCUT2D eigenvalue weighted by Crippen LogP contribution is -2.53. The van der Waals surface area contributed by atoms with Crippen molar-refractivity contribution in [3.63, 3.8) is 0 Å². The van der Waals surface area contributed by atoms with Crippen LogP contribution in [0.1, 0.15) is 112 Å². The molecule has 0 aromatic heterocycles. The summed E-state index contributed by atoms with van der Waals surface area (Å²) in [6.45, 7) is 19.0. The van der Waals surface area contributed by atoms with Crippen molar-refractivity contribution in [2.45, 2.75) is 118 Å². The molecule has 0 saturated heterocycles. The Morgan fingerprint density at radius 1 is 0.970 bits per heavy atom. The Morgan fingerprint density at radius 2 is 1.76 bits per heavy atom. The van der Waals surface area contributed by atoms with Crippen LogP contribution in [0.2, 0.25) is 0 Å². The van der Waals surface area contributed by atoms with Crippen LogP contribution in [0.15, 0.2) is 29.7 Å². The van der Waals surface area contributed by atoms with Gasteiger partial charge in [-0.1, -0.05) is 52.3 Å². The van der Waals surface area contributed by atoms with Crippen molar-refractivity contribution in [1.29, 1.82) is 0 Å². The zero-order valence-electron chi connectivity index (χ0n) is 22.6. The Labute approximate surface area is 205 Å². The maximum atomic E-state index is 4.20. The molecular weight excluding hydrogens is 398 g/mol. The molecule has 0 spiro atoms. The second kappa shape index (κ2) is 8.33. The Bertz CT molecular complexity index is 837. The number of allylic oxidation sites excluding steroid dienone is 3. The standard InChI is InChI=1S/C32H51N/c1-8-29(33-21(2)3)32-17-15-24-22-13-14-27-25(10-9-16-31(27,6)7)23(22)11-12-26(24)28(32)20-30(4,5)18-19-32/h12,21-25,27-28,33H,1,9-11,13-20H2,2-7H3. The molecule has 7 atom stereocenters. The van der Waals surface area contributed by atoms with Gasteiger partial charge in [-0.3, -0.25) is 0 Å². The topological polar surface area (TPSA) is 12.0 Å². The third-order valence-corrected chi connectivity index (χ3v) is 11.4. The fourth-order valence-electron chi connectivity index (χ4n) is 9.90. The van der Waals surface area contributed by atoms with Gasteiger partial charge in [0.1, 0.15) is 0 Å². The van der Waals surface area contributed by atoms with Gasteiger partial charge in [0.25, 0.3) is 0 Å². The van der Waals surface area contributed by atoms with E-state index in [1.807, 2.05) is 5.57 Å². The summed E-state index contributed by atoms with van der Waals surface area (Å²) in [5.41, 5.74) is 7.94. The molecule has 1 N–H and O–H groups in total. The van der Waals surface area contributed by atoms with Crippen molar-refractivity contribution in [2.24, 2.45) is 51.8 Å². The Kier molecular flexibility index (Phi) is 6.00. The first-order valence-electron chi connectivity index (χ1n) is 14.4. The number of fused-ring (bicyclic) bond motifs is 7. The summed E-state index contributed by atoms with van der Waals surface area (Å²) in [5.74, 6) is 5.43. The molecule has 7 unspecified atom stereocenters. The summed E-state index contributed by atoms with van der Waals surface area (Å²) >= 11 is 0. The van der Waals surface area contributed by atoms with E-state index in [-0.39, 0.29) is 5.41 Å². The van der Waals surface area contributed by atoms with E-state index in [0.29, 0.717) is 22.8 Å². The first-order valence-corrected chi connectivity index (χ1v) is 14.4. The van der Waals surface area contributed by atoms with E-state index in [0.717, 1.165) is 29.6 Å². The van der Waals surface area contributed by atoms with Crippen molar-refractivity contribution in [1.82, 2.24) is 5.32 Å². The minimum Gasteiger partial charge on any atom is -0.379 e. The number of hydrogen-bond donors (Lipinski definition) is 1. The number of rotatable bonds is 3. The SMILES string of the molecule is C=C=C(NC(C)C)C12CCC3C(=CCC4C3CCC3C4CCCC3(C)C)C1CC(C)(C)CC2. The Morgan fingerprint density at radius 3 is 2.48 bits per heavy atom. The third-order valence-electron chi connectivity index (χ3n) is 11.4. The van der Waals surface area contributed by atoms with Crippen LogP contribution in [0.5, 0.6) is 0 Å². The van der Waals surface area contributed by atoms with E-state index in [9.17, 15) is 0 Å². The highest BCUT2D eigenvalue weighted by Crippen LogP contribution is 2.66. The van der Waals surface area contributed by atoms with Gasteiger partial charge >= 0.3 is 0 Å². The van der Waals surface area contributed by atoms with Crippen molar-refractivity contribution in [3.8, 4) is 0 Å². The summed E-state index contributed by atoms with van der Waals surface area (Å²) in [5, 5.41) is 3.83. The molecule has 0 aromatic rings.